The van der Waals surface area contributed by atoms with E-state index in [1.807, 2.05) is 0 Å². The molecular formula is C10H14N2O3S. The minimum Gasteiger partial charge on any atom is -0.480 e. The second-order valence-corrected chi connectivity index (χ2v) is 4.67. The largest absolute Gasteiger partial charge is 0.480 e. The molecule has 6 heteroatoms. The Hall–Kier alpha value is -1.43. The highest BCUT2D eigenvalue weighted by molar-refractivity contribution is 7.11. The number of hydrogen-bond acceptors (Lipinski definition) is 4. The van der Waals surface area contributed by atoms with Crippen LogP contribution in [0.25, 0.3) is 0 Å². The highest BCUT2D eigenvalue weighted by Crippen LogP contribution is 2.19. The monoisotopic (exact) mass is 242 g/mol. The fourth-order valence-electron chi connectivity index (χ4n) is 1.36. The molecule has 1 aromatic rings. The Morgan fingerprint density at radius 1 is 1.56 bits per heavy atom. The van der Waals surface area contributed by atoms with Crippen LogP contribution in [0.1, 0.15) is 30.4 Å². The van der Waals surface area contributed by atoms with Crippen molar-refractivity contribution in [1.29, 1.82) is 0 Å². The zero-order chi connectivity index (χ0) is 12.3. The van der Waals surface area contributed by atoms with E-state index in [4.69, 9.17) is 5.11 Å². The molecule has 1 rings (SSSR count). The van der Waals surface area contributed by atoms with E-state index in [2.05, 4.69) is 4.98 Å². The number of rotatable bonds is 4. The maximum absolute atomic E-state index is 12.0. The number of hydrogen-bond donors (Lipinski definition) is 1. The van der Waals surface area contributed by atoms with Gasteiger partial charge in [-0.25, -0.2) is 4.79 Å². The topological polar surface area (TPSA) is 70.5 Å². The van der Waals surface area contributed by atoms with E-state index >= 15 is 0 Å². The van der Waals surface area contributed by atoms with Crippen LogP contribution in [0.5, 0.6) is 0 Å². The second-order valence-electron chi connectivity index (χ2n) is 3.78. The first kappa shape index (κ1) is 12.6. The lowest BCUT2D eigenvalue weighted by Gasteiger charge is -2.33. The van der Waals surface area contributed by atoms with Crippen molar-refractivity contribution in [2.75, 3.05) is 6.54 Å². The van der Waals surface area contributed by atoms with Crippen LogP contribution in [-0.2, 0) is 4.79 Å². The Morgan fingerprint density at radius 2 is 2.19 bits per heavy atom. The Balaban J connectivity index is 3.00. The van der Waals surface area contributed by atoms with E-state index < -0.39 is 11.5 Å². The first-order valence-corrected chi connectivity index (χ1v) is 5.73. The molecule has 5 nitrogen and oxygen atoms in total. The van der Waals surface area contributed by atoms with Gasteiger partial charge in [0.05, 0.1) is 11.7 Å². The van der Waals surface area contributed by atoms with Crippen LogP contribution in [0.3, 0.4) is 0 Å². The smallest absolute Gasteiger partial charge is 0.329 e. The van der Waals surface area contributed by atoms with E-state index in [0.717, 1.165) is 0 Å². The molecule has 16 heavy (non-hydrogen) atoms. The number of aliphatic carboxylic acids is 1. The summed E-state index contributed by atoms with van der Waals surface area (Å²) in [4.78, 5) is 28.7. The number of nitrogens with zero attached hydrogens (tertiary/aromatic N) is 2. The van der Waals surface area contributed by atoms with Crippen molar-refractivity contribution in [1.82, 2.24) is 9.88 Å². The average Bonchev–Trinajstić information content (AvgIpc) is 2.70. The third-order valence-electron chi connectivity index (χ3n) is 2.40. The molecular weight excluding hydrogens is 228 g/mol. The molecule has 1 N–H and O–H groups in total. The third-order valence-corrected chi connectivity index (χ3v) is 3.16. The first-order chi connectivity index (χ1) is 7.41. The molecule has 0 aliphatic carbocycles. The Kier molecular flexibility index (Phi) is 3.64. The summed E-state index contributed by atoms with van der Waals surface area (Å²) < 4.78 is 0. The summed E-state index contributed by atoms with van der Waals surface area (Å²) in [5, 5.41) is 9.08. The number of carboxylic acids is 1. The van der Waals surface area contributed by atoms with Gasteiger partial charge >= 0.3 is 5.97 Å². The number of carboxylic acid groups (broad SMARTS) is 1. The number of carbonyl (C=O) groups is 2. The fourth-order valence-corrected chi connectivity index (χ4v) is 1.93. The molecule has 0 aliphatic rings. The van der Waals surface area contributed by atoms with Gasteiger partial charge in [-0.1, -0.05) is 0 Å². The number of carbonyl (C=O) groups excluding carboxylic acids is 1. The molecule has 0 bridgehead atoms. The summed E-state index contributed by atoms with van der Waals surface area (Å²) >= 11 is 1.21. The van der Waals surface area contributed by atoms with E-state index in [9.17, 15) is 9.59 Å². The standard InChI is InChI=1S/C10H14N2O3S/c1-4-12(10(2,3)9(14)15)8(13)7-5-11-6-16-7/h5-6H,4H2,1-3H3,(H,14,15). The molecule has 0 radical (unpaired) electrons. The predicted molar refractivity (Wildman–Crippen MR) is 60.5 cm³/mol. The lowest BCUT2D eigenvalue weighted by atomic mass is 10.0. The summed E-state index contributed by atoms with van der Waals surface area (Å²) in [5.41, 5.74) is 0.338. The van der Waals surface area contributed by atoms with Crippen LogP contribution >= 0.6 is 11.3 Å². The van der Waals surface area contributed by atoms with Gasteiger partial charge in [0.15, 0.2) is 0 Å². The number of aromatic nitrogens is 1. The predicted octanol–water partition coefficient (Wildman–Crippen LogP) is 1.47. The molecule has 0 aromatic carbocycles. The van der Waals surface area contributed by atoms with E-state index in [0.29, 0.717) is 11.4 Å². The van der Waals surface area contributed by atoms with Crippen LogP contribution < -0.4 is 0 Å². The molecule has 0 fully saturated rings. The van der Waals surface area contributed by atoms with Crippen molar-refractivity contribution in [2.24, 2.45) is 0 Å². The average molecular weight is 242 g/mol. The van der Waals surface area contributed by atoms with E-state index in [-0.39, 0.29) is 5.91 Å². The molecule has 88 valence electrons. The van der Waals surface area contributed by atoms with Crippen molar-refractivity contribution < 1.29 is 14.7 Å². The molecule has 1 amide bonds. The lowest BCUT2D eigenvalue weighted by molar-refractivity contribution is -0.147. The van der Waals surface area contributed by atoms with Crippen molar-refractivity contribution in [3.8, 4) is 0 Å². The second kappa shape index (κ2) is 4.61. The highest BCUT2D eigenvalue weighted by Gasteiger charge is 2.37. The van der Waals surface area contributed by atoms with Crippen molar-refractivity contribution in [3.63, 3.8) is 0 Å². The molecule has 0 aliphatic heterocycles. The van der Waals surface area contributed by atoms with Crippen LogP contribution in [0.2, 0.25) is 0 Å². The molecule has 0 spiro atoms. The summed E-state index contributed by atoms with van der Waals surface area (Å²) in [6.45, 7) is 5.12. The maximum Gasteiger partial charge on any atom is 0.329 e. The molecule has 1 aromatic heterocycles. The summed E-state index contributed by atoms with van der Waals surface area (Å²) in [7, 11) is 0. The molecule has 0 saturated carbocycles. The highest BCUT2D eigenvalue weighted by atomic mass is 32.1. The number of likely N-dealkylation sites (N-methyl/N-ethyl adjacent to an activating group) is 1. The van der Waals surface area contributed by atoms with Crippen molar-refractivity contribution in [2.45, 2.75) is 26.3 Å². The Bertz CT molecular complexity index is 387. The van der Waals surface area contributed by atoms with Gasteiger partial charge in [-0.2, -0.15) is 0 Å². The molecule has 1 heterocycles. The van der Waals surface area contributed by atoms with Crippen LogP contribution in [0, 0.1) is 0 Å². The number of amides is 1. The van der Waals surface area contributed by atoms with Gasteiger partial charge in [0.2, 0.25) is 0 Å². The van der Waals surface area contributed by atoms with Crippen molar-refractivity contribution in [3.05, 3.63) is 16.6 Å². The van der Waals surface area contributed by atoms with Crippen LogP contribution in [0.15, 0.2) is 11.7 Å². The van der Waals surface area contributed by atoms with E-state index in [1.165, 1.54) is 36.3 Å². The minimum absolute atomic E-state index is 0.294. The Morgan fingerprint density at radius 3 is 2.56 bits per heavy atom. The normalized spacial score (nSPS) is 11.2. The molecule has 0 atom stereocenters. The number of thiazole rings is 1. The van der Waals surface area contributed by atoms with Gasteiger partial charge < -0.3 is 10.0 Å². The summed E-state index contributed by atoms with van der Waals surface area (Å²) in [6, 6.07) is 0. The van der Waals surface area contributed by atoms with Gasteiger partial charge in [-0.3, -0.25) is 9.78 Å². The van der Waals surface area contributed by atoms with Crippen molar-refractivity contribution >= 4 is 23.2 Å². The minimum atomic E-state index is -1.21. The fraction of sp³-hybridized carbons (Fsp3) is 0.500. The third kappa shape index (κ3) is 2.21. The van der Waals surface area contributed by atoms with Gasteiger partial charge in [0, 0.05) is 6.54 Å². The summed E-state index contributed by atoms with van der Waals surface area (Å²) in [6.07, 6.45) is 1.45. The quantitative estimate of drug-likeness (QED) is 0.868. The van der Waals surface area contributed by atoms with Crippen LogP contribution in [0.4, 0.5) is 0 Å². The van der Waals surface area contributed by atoms with Gasteiger partial charge in [-0.05, 0) is 20.8 Å². The van der Waals surface area contributed by atoms with Gasteiger partial charge in [0.1, 0.15) is 10.4 Å². The molecule has 0 unspecified atom stereocenters. The van der Waals surface area contributed by atoms with Gasteiger partial charge in [0.25, 0.3) is 5.91 Å². The van der Waals surface area contributed by atoms with Crippen LogP contribution in [-0.4, -0.2) is 39.0 Å². The lowest BCUT2D eigenvalue weighted by Crippen LogP contribution is -2.52. The first-order valence-electron chi connectivity index (χ1n) is 4.85. The SMILES string of the molecule is CCN(C(=O)c1cncs1)C(C)(C)C(=O)O. The zero-order valence-electron chi connectivity index (χ0n) is 9.43. The maximum atomic E-state index is 12.0. The summed E-state index contributed by atoms with van der Waals surface area (Å²) in [5.74, 6) is -1.32. The zero-order valence-corrected chi connectivity index (χ0v) is 10.2. The van der Waals surface area contributed by atoms with E-state index in [1.54, 1.807) is 12.4 Å². The Labute approximate surface area is 97.7 Å². The van der Waals surface area contributed by atoms with Gasteiger partial charge in [-0.15, -0.1) is 11.3 Å². The molecule has 0 saturated heterocycles.